The van der Waals surface area contributed by atoms with E-state index in [1.165, 1.54) is 28.4 Å². The molecule has 154 valence electrons. The number of rotatable bonds is 8. The normalized spacial score (nSPS) is 11.9. The van der Waals surface area contributed by atoms with Gasteiger partial charge in [-0.05, 0) is 51.3 Å². The monoisotopic (exact) mass is 451 g/mol. The number of anilines is 1. The van der Waals surface area contributed by atoms with Crippen LogP contribution in [0.4, 0.5) is 5.13 Å². The number of sulfone groups is 1. The number of aromatic nitrogens is 1. The molecule has 0 aliphatic heterocycles. The van der Waals surface area contributed by atoms with Crippen molar-refractivity contribution in [1.82, 2.24) is 9.88 Å². The van der Waals surface area contributed by atoms with Gasteiger partial charge in [-0.25, -0.2) is 13.4 Å². The van der Waals surface area contributed by atoms with Gasteiger partial charge in [0.25, 0.3) is 0 Å². The fourth-order valence-corrected chi connectivity index (χ4v) is 5.37. The quantitative estimate of drug-likeness (QED) is 0.522. The van der Waals surface area contributed by atoms with Crippen LogP contribution in [0.25, 0.3) is 10.2 Å². The highest BCUT2D eigenvalue weighted by Crippen LogP contribution is 2.33. The van der Waals surface area contributed by atoms with E-state index in [1.54, 1.807) is 24.3 Å². The molecule has 0 bridgehead atoms. The zero-order valence-corrected chi connectivity index (χ0v) is 18.6. The molecule has 6 nitrogen and oxygen atoms in total. The molecule has 0 saturated carbocycles. The van der Waals surface area contributed by atoms with Gasteiger partial charge in [-0.2, -0.15) is 0 Å². The molecule has 1 amide bonds. The molecule has 0 radical (unpaired) electrons. The number of hydrogen-bond acceptors (Lipinski definition) is 6. The van der Waals surface area contributed by atoms with Gasteiger partial charge in [0.2, 0.25) is 5.91 Å². The Morgan fingerprint density at radius 3 is 2.45 bits per heavy atom. The summed E-state index contributed by atoms with van der Waals surface area (Å²) in [7, 11) is 0.153. The van der Waals surface area contributed by atoms with Crippen LogP contribution in [0.15, 0.2) is 53.4 Å². The lowest BCUT2D eigenvalue weighted by atomic mass is 10.3. The Kier molecular flexibility index (Phi) is 6.89. The van der Waals surface area contributed by atoms with Gasteiger partial charge >= 0.3 is 0 Å². The van der Waals surface area contributed by atoms with E-state index in [2.05, 4.69) is 4.98 Å². The van der Waals surface area contributed by atoms with Gasteiger partial charge < -0.3 is 4.90 Å². The molecular weight excluding hydrogens is 430 g/mol. The van der Waals surface area contributed by atoms with E-state index in [9.17, 15) is 13.2 Å². The smallest absolute Gasteiger partial charge is 0.244 e. The minimum atomic E-state index is -3.74. The van der Waals surface area contributed by atoms with E-state index in [0.717, 1.165) is 11.2 Å². The average molecular weight is 452 g/mol. The van der Waals surface area contributed by atoms with Crippen molar-refractivity contribution in [2.45, 2.75) is 11.3 Å². The van der Waals surface area contributed by atoms with Crippen molar-refractivity contribution in [2.75, 3.05) is 37.8 Å². The number of carbonyl (C=O) groups excluding carboxylic acids is 1. The maximum atomic E-state index is 13.0. The number of carbonyl (C=O) groups is 1. The fraction of sp³-hybridized carbons (Fsp3) is 0.300. The number of hydrogen-bond donors (Lipinski definition) is 0. The number of thiazole rings is 1. The van der Waals surface area contributed by atoms with Crippen LogP contribution in [0.3, 0.4) is 0 Å². The van der Waals surface area contributed by atoms with Gasteiger partial charge in [0.1, 0.15) is 11.3 Å². The van der Waals surface area contributed by atoms with Gasteiger partial charge in [0, 0.05) is 6.54 Å². The molecule has 1 heterocycles. The second-order valence-corrected chi connectivity index (χ2v) is 10.3. The molecule has 0 spiro atoms. The van der Waals surface area contributed by atoms with E-state index in [0.29, 0.717) is 28.6 Å². The molecule has 3 aromatic rings. The molecule has 0 N–H and O–H groups in total. The summed E-state index contributed by atoms with van der Waals surface area (Å²) in [5.41, 5.74) is 0.616. The number of halogens is 1. The lowest BCUT2D eigenvalue weighted by molar-refractivity contribution is -0.116. The summed E-state index contributed by atoms with van der Waals surface area (Å²) in [6.07, 6.45) is 0.688. The van der Waals surface area contributed by atoms with Gasteiger partial charge in [-0.15, -0.1) is 0 Å². The predicted octanol–water partition coefficient (Wildman–Crippen LogP) is 3.71. The third-order valence-electron chi connectivity index (χ3n) is 4.29. The molecule has 1 aromatic heterocycles. The molecule has 0 aliphatic rings. The third kappa shape index (κ3) is 5.33. The minimum Gasteiger partial charge on any atom is -0.309 e. The lowest BCUT2D eigenvalue weighted by Crippen LogP contribution is -2.37. The van der Waals surface area contributed by atoms with Crippen LogP contribution in [0.5, 0.6) is 0 Å². The number of para-hydroxylation sites is 1. The Balaban J connectivity index is 1.89. The number of fused-ring (bicyclic) bond motifs is 1. The van der Waals surface area contributed by atoms with Crippen molar-refractivity contribution < 1.29 is 13.2 Å². The summed E-state index contributed by atoms with van der Waals surface area (Å²) >= 11 is 7.55. The Hall–Kier alpha value is -2.00. The van der Waals surface area contributed by atoms with Crippen LogP contribution in [0, 0.1) is 0 Å². The predicted molar refractivity (Wildman–Crippen MR) is 119 cm³/mol. The van der Waals surface area contributed by atoms with Gasteiger partial charge in [-0.3, -0.25) is 9.69 Å². The zero-order chi connectivity index (χ0) is 21.0. The first-order valence-corrected chi connectivity index (χ1v) is 11.9. The van der Waals surface area contributed by atoms with Crippen LogP contribution in [0.2, 0.25) is 5.02 Å². The van der Waals surface area contributed by atoms with Crippen LogP contribution < -0.4 is 4.90 Å². The second kappa shape index (κ2) is 9.21. The second-order valence-electron chi connectivity index (χ2n) is 6.86. The van der Waals surface area contributed by atoms with Crippen molar-refractivity contribution in [2.24, 2.45) is 0 Å². The van der Waals surface area contributed by atoms with E-state index in [-0.39, 0.29) is 4.90 Å². The molecule has 3 rings (SSSR count). The minimum absolute atomic E-state index is 0.133. The molecule has 2 aromatic carbocycles. The summed E-state index contributed by atoms with van der Waals surface area (Å²) in [4.78, 5) is 21.2. The molecule has 0 fully saturated rings. The summed E-state index contributed by atoms with van der Waals surface area (Å²) < 4.78 is 26.2. The van der Waals surface area contributed by atoms with Crippen LogP contribution >= 0.6 is 22.9 Å². The highest BCUT2D eigenvalue weighted by molar-refractivity contribution is 7.92. The fourth-order valence-electron chi connectivity index (χ4n) is 2.84. The molecule has 29 heavy (non-hydrogen) atoms. The standard InChI is InChI=1S/C20H22ClN3O3S2/c1-23(2)12-7-13-24(20-22-19-16(21)10-6-11-17(19)28-20)18(25)14-29(26,27)15-8-4-3-5-9-15/h3-6,8-11H,7,12-14H2,1-2H3. The number of amides is 1. The zero-order valence-electron chi connectivity index (χ0n) is 16.2. The van der Waals surface area contributed by atoms with E-state index in [1.807, 2.05) is 31.1 Å². The summed E-state index contributed by atoms with van der Waals surface area (Å²) in [6.45, 7) is 1.14. The molecule has 0 aliphatic carbocycles. The van der Waals surface area contributed by atoms with Crippen LogP contribution in [-0.4, -0.2) is 57.1 Å². The van der Waals surface area contributed by atoms with Crippen molar-refractivity contribution in [1.29, 1.82) is 0 Å². The molecule has 9 heteroatoms. The Labute approximate surface area is 179 Å². The first-order chi connectivity index (χ1) is 13.8. The summed E-state index contributed by atoms with van der Waals surface area (Å²) in [6, 6.07) is 13.5. The third-order valence-corrected chi connectivity index (χ3v) is 7.26. The Bertz CT molecular complexity index is 1100. The molecular formula is C20H22ClN3O3S2. The Morgan fingerprint density at radius 1 is 1.07 bits per heavy atom. The number of benzene rings is 2. The lowest BCUT2D eigenvalue weighted by Gasteiger charge is -2.21. The summed E-state index contributed by atoms with van der Waals surface area (Å²) in [5, 5.41) is 0.961. The van der Waals surface area contributed by atoms with E-state index < -0.39 is 21.5 Å². The van der Waals surface area contributed by atoms with Gasteiger partial charge in [0.05, 0.1) is 14.6 Å². The topological polar surface area (TPSA) is 70.6 Å². The van der Waals surface area contributed by atoms with Crippen molar-refractivity contribution >= 4 is 54.0 Å². The van der Waals surface area contributed by atoms with Crippen LogP contribution in [0.1, 0.15) is 6.42 Å². The van der Waals surface area contributed by atoms with Crippen molar-refractivity contribution in [3.05, 3.63) is 53.6 Å². The van der Waals surface area contributed by atoms with Gasteiger partial charge in [0.15, 0.2) is 15.0 Å². The Morgan fingerprint density at radius 2 is 1.79 bits per heavy atom. The highest BCUT2D eigenvalue weighted by Gasteiger charge is 2.26. The van der Waals surface area contributed by atoms with E-state index >= 15 is 0 Å². The first-order valence-electron chi connectivity index (χ1n) is 9.06. The maximum Gasteiger partial charge on any atom is 0.244 e. The van der Waals surface area contributed by atoms with Crippen LogP contribution in [-0.2, 0) is 14.6 Å². The first kappa shape index (κ1) is 21.7. The largest absolute Gasteiger partial charge is 0.309 e. The molecule has 0 unspecified atom stereocenters. The SMILES string of the molecule is CN(C)CCCN(C(=O)CS(=O)(=O)c1ccccc1)c1nc2c(Cl)cccc2s1. The maximum absolute atomic E-state index is 13.0. The van der Waals surface area contributed by atoms with Crippen molar-refractivity contribution in [3.63, 3.8) is 0 Å². The highest BCUT2D eigenvalue weighted by atomic mass is 35.5. The average Bonchev–Trinajstić information content (AvgIpc) is 3.10. The number of nitrogens with zero attached hydrogens (tertiary/aromatic N) is 3. The van der Waals surface area contributed by atoms with Gasteiger partial charge in [-0.1, -0.05) is 47.2 Å². The summed E-state index contributed by atoms with van der Waals surface area (Å²) in [5.74, 6) is -1.11. The van der Waals surface area contributed by atoms with Crippen molar-refractivity contribution in [3.8, 4) is 0 Å². The van der Waals surface area contributed by atoms with E-state index in [4.69, 9.17) is 11.6 Å². The molecule has 0 saturated heterocycles. The molecule has 0 atom stereocenters.